The quantitative estimate of drug-likeness (QED) is 0.857. The Hall–Kier alpha value is -0.990. The maximum absolute atomic E-state index is 11.9. The average Bonchev–Trinajstić information content (AvgIpc) is 2.06. The first-order valence-electron chi connectivity index (χ1n) is 4.04. The molecular weight excluding hydrogens is 340 g/mol. The van der Waals surface area contributed by atoms with Crippen LogP contribution >= 0.6 is 22.6 Å². The highest BCUT2D eigenvalue weighted by atomic mass is 127. The van der Waals surface area contributed by atoms with Crippen molar-refractivity contribution in [3.8, 4) is 5.75 Å². The van der Waals surface area contributed by atoms with E-state index in [1.807, 2.05) is 0 Å². The molecule has 16 heavy (non-hydrogen) atoms. The van der Waals surface area contributed by atoms with Gasteiger partial charge in [-0.3, -0.25) is 4.79 Å². The molecular formula is C9H6F3IO3. The molecule has 88 valence electrons. The van der Waals surface area contributed by atoms with E-state index < -0.39 is 12.3 Å². The molecule has 1 aromatic rings. The van der Waals surface area contributed by atoms with Crippen LogP contribution in [-0.4, -0.2) is 17.4 Å². The van der Waals surface area contributed by atoms with E-state index in [0.29, 0.717) is 9.13 Å². The van der Waals surface area contributed by atoms with Crippen LogP contribution in [0.15, 0.2) is 18.2 Å². The molecule has 0 amide bonds. The molecule has 0 radical (unpaired) electrons. The fraction of sp³-hybridized carbons (Fsp3) is 0.222. The normalized spacial score (nSPS) is 11.2. The van der Waals surface area contributed by atoms with Crippen molar-refractivity contribution in [2.24, 2.45) is 0 Å². The van der Waals surface area contributed by atoms with Gasteiger partial charge in [-0.2, -0.15) is 0 Å². The number of halogens is 4. The molecule has 0 aromatic heterocycles. The van der Waals surface area contributed by atoms with Crippen molar-refractivity contribution in [3.63, 3.8) is 0 Å². The Morgan fingerprint density at radius 1 is 1.44 bits per heavy atom. The average molecular weight is 346 g/mol. The second-order valence-electron chi connectivity index (χ2n) is 2.87. The predicted molar refractivity (Wildman–Crippen MR) is 57.2 cm³/mol. The van der Waals surface area contributed by atoms with E-state index in [1.165, 1.54) is 6.07 Å². The highest BCUT2D eigenvalue weighted by Gasteiger charge is 2.31. The number of carboxylic acid groups (broad SMARTS) is 1. The molecule has 0 unspecified atom stereocenters. The Labute approximate surface area is 102 Å². The van der Waals surface area contributed by atoms with Crippen molar-refractivity contribution in [1.29, 1.82) is 0 Å². The van der Waals surface area contributed by atoms with Crippen LogP contribution in [0.1, 0.15) is 5.56 Å². The molecule has 1 N–H and O–H groups in total. The highest BCUT2D eigenvalue weighted by molar-refractivity contribution is 14.1. The van der Waals surface area contributed by atoms with E-state index in [2.05, 4.69) is 4.74 Å². The maximum Gasteiger partial charge on any atom is 0.573 e. The number of hydrogen-bond acceptors (Lipinski definition) is 2. The number of alkyl halides is 3. The third-order valence-corrected chi connectivity index (χ3v) is 2.60. The summed E-state index contributed by atoms with van der Waals surface area (Å²) in [6.45, 7) is 0. The van der Waals surface area contributed by atoms with Crippen LogP contribution in [0.25, 0.3) is 0 Å². The van der Waals surface area contributed by atoms with Gasteiger partial charge in [0.2, 0.25) is 0 Å². The third kappa shape index (κ3) is 4.25. The van der Waals surface area contributed by atoms with Crippen molar-refractivity contribution in [2.45, 2.75) is 12.8 Å². The molecule has 0 aliphatic rings. The first-order valence-corrected chi connectivity index (χ1v) is 5.12. The molecule has 0 saturated carbocycles. The molecule has 0 aliphatic heterocycles. The number of carboxylic acids is 1. The monoisotopic (exact) mass is 346 g/mol. The van der Waals surface area contributed by atoms with Gasteiger partial charge in [-0.05, 0) is 40.3 Å². The zero-order valence-corrected chi connectivity index (χ0v) is 9.87. The van der Waals surface area contributed by atoms with Crippen molar-refractivity contribution in [3.05, 3.63) is 27.3 Å². The number of hydrogen-bond donors (Lipinski definition) is 1. The van der Waals surface area contributed by atoms with Crippen LogP contribution in [-0.2, 0) is 11.2 Å². The van der Waals surface area contributed by atoms with Crippen molar-refractivity contribution >= 4 is 28.6 Å². The summed E-state index contributed by atoms with van der Waals surface area (Å²) in [7, 11) is 0. The zero-order valence-electron chi connectivity index (χ0n) is 7.71. The van der Waals surface area contributed by atoms with Crippen LogP contribution < -0.4 is 4.74 Å². The standard InChI is InChI=1S/C9H6F3IO3/c10-9(11,12)16-6-2-1-5(3-8(14)15)7(13)4-6/h1-2,4H,3H2,(H,14,15). The van der Waals surface area contributed by atoms with Gasteiger partial charge in [-0.15, -0.1) is 13.2 Å². The van der Waals surface area contributed by atoms with Gasteiger partial charge < -0.3 is 9.84 Å². The number of aliphatic carboxylic acids is 1. The Morgan fingerprint density at radius 2 is 2.06 bits per heavy atom. The van der Waals surface area contributed by atoms with E-state index in [4.69, 9.17) is 5.11 Å². The Morgan fingerprint density at radius 3 is 2.50 bits per heavy atom. The summed E-state index contributed by atoms with van der Waals surface area (Å²) in [5.74, 6) is -1.39. The van der Waals surface area contributed by atoms with E-state index in [1.54, 1.807) is 22.6 Å². The smallest absolute Gasteiger partial charge is 0.481 e. The van der Waals surface area contributed by atoms with Gasteiger partial charge in [0.15, 0.2) is 0 Å². The Balaban J connectivity index is 2.87. The van der Waals surface area contributed by atoms with E-state index in [9.17, 15) is 18.0 Å². The predicted octanol–water partition coefficient (Wildman–Crippen LogP) is 2.82. The van der Waals surface area contributed by atoms with Gasteiger partial charge in [0.25, 0.3) is 0 Å². The van der Waals surface area contributed by atoms with Gasteiger partial charge in [-0.1, -0.05) is 6.07 Å². The van der Waals surface area contributed by atoms with Crippen LogP contribution in [0, 0.1) is 3.57 Å². The van der Waals surface area contributed by atoms with E-state index in [-0.39, 0.29) is 12.2 Å². The van der Waals surface area contributed by atoms with Crippen LogP contribution in [0.4, 0.5) is 13.2 Å². The molecule has 0 bridgehead atoms. The van der Waals surface area contributed by atoms with E-state index >= 15 is 0 Å². The van der Waals surface area contributed by atoms with Gasteiger partial charge in [-0.25, -0.2) is 0 Å². The van der Waals surface area contributed by atoms with Crippen molar-refractivity contribution in [2.75, 3.05) is 0 Å². The summed E-state index contributed by atoms with van der Waals surface area (Å²) >= 11 is 1.76. The number of benzene rings is 1. The number of ether oxygens (including phenoxy) is 1. The second kappa shape index (κ2) is 4.89. The molecule has 0 atom stereocenters. The lowest BCUT2D eigenvalue weighted by molar-refractivity contribution is -0.274. The summed E-state index contributed by atoms with van der Waals surface area (Å²) in [4.78, 5) is 10.4. The fourth-order valence-corrected chi connectivity index (χ4v) is 1.71. The van der Waals surface area contributed by atoms with Crippen molar-refractivity contribution < 1.29 is 27.8 Å². The Bertz CT molecular complexity index is 403. The summed E-state index contributed by atoms with van der Waals surface area (Å²) in [6, 6.07) is 3.54. The first kappa shape index (κ1) is 13.1. The minimum absolute atomic E-state index is 0.232. The van der Waals surface area contributed by atoms with Crippen LogP contribution in [0.3, 0.4) is 0 Å². The van der Waals surface area contributed by atoms with Gasteiger partial charge >= 0.3 is 12.3 Å². The van der Waals surface area contributed by atoms with Crippen LogP contribution in [0.5, 0.6) is 5.75 Å². The first-order chi connectivity index (χ1) is 7.28. The van der Waals surface area contributed by atoms with Crippen molar-refractivity contribution in [1.82, 2.24) is 0 Å². The van der Waals surface area contributed by atoms with Crippen LogP contribution in [0.2, 0.25) is 0 Å². The fourth-order valence-electron chi connectivity index (χ4n) is 1.03. The molecule has 1 rings (SSSR count). The minimum atomic E-state index is -4.74. The van der Waals surface area contributed by atoms with Gasteiger partial charge in [0, 0.05) is 3.57 Å². The molecule has 0 aliphatic carbocycles. The molecule has 7 heteroatoms. The zero-order chi connectivity index (χ0) is 12.3. The molecule has 1 aromatic carbocycles. The highest BCUT2D eigenvalue weighted by Crippen LogP contribution is 2.26. The molecule has 0 spiro atoms. The third-order valence-electron chi connectivity index (χ3n) is 1.60. The maximum atomic E-state index is 11.9. The lowest BCUT2D eigenvalue weighted by atomic mass is 10.1. The minimum Gasteiger partial charge on any atom is -0.481 e. The second-order valence-corrected chi connectivity index (χ2v) is 4.03. The summed E-state index contributed by atoms with van der Waals surface area (Å²) in [5.41, 5.74) is 0.447. The number of rotatable bonds is 3. The van der Waals surface area contributed by atoms with Gasteiger partial charge in [0.1, 0.15) is 5.75 Å². The molecule has 3 nitrogen and oxygen atoms in total. The molecule has 0 fully saturated rings. The topological polar surface area (TPSA) is 46.5 Å². The SMILES string of the molecule is O=C(O)Cc1ccc(OC(F)(F)F)cc1I. The summed E-state index contributed by atoms with van der Waals surface area (Å²) < 4.78 is 39.7. The lowest BCUT2D eigenvalue weighted by Crippen LogP contribution is -2.17. The lowest BCUT2D eigenvalue weighted by Gasteiger charge is -2.10. The summed E-state index contributed by atoms with van der Waals surface area (Å²) in [5, 5.41) is 8.53. The molecule has 0 heterocycles. The molecule has 0 saturated heterocycles. The summed E-state index contributed by atoms with van der Waals surface area (Å²) in [6.07, 6.45) is -4.97. The Kier molecular flexibility index (Phi) is 4.00. The largest absolute Gasteiger partial charge is 0.573 e. The van der Waals surface area contributed by atoms with Gasteiger partial charge in [0.05, 0.1) is 6.42 Å². The number of carbonyl (C=O) groups is 1. The van der Waals surface area contributed by atoms with E-state index in [0.717, 1.165) is 12.1 Å².